The van der Waals surface area contributed by atoms with Gasteiger partial charge in [0.1, 0.15) is 5.82 Å². The first-order valence-corrected chi connectivity index (χ1v) is 13.1. The summed E-state index contributed by atoms with van der Waals surface area (Å²) in [5, 5.41) is 11.3. The zero-order valence-electron chi connectivity index (χ0n) is 20.0. The molecule has 2 aliphatic heterocycles. The number of H-pyrrole nitrogens is 1. The molecular weight excluding hydrogens is 422 g/mol. The molecule has 2 fully saturated rings. The van der Waals surface area contributed by atoms with E-state index in [1.165, 1.54) is 60.3 Å². The normalized spacial score (nSPS) is 20.9. The van der Waals surface area contributed by atoms with Crippen LogP contribution in [0, 0.1) is 0 Å². The Morgan fingerprint density at radius 1 is 0.941 bits per heavy atom. The van der Waals surface area contributed by atoms with Gasteiger partial charge in [-0.25, -0.2) is 4.98 Å². The van der Waals surface area contributed by atoms with Gasteiger partial charge in [0.2, 0.25) is 5.95 Å². The second-order valence-corrected chi connectivity index (χ2v) is 10.0. The van der Waals surface area contributed by atoms with Crippen LogP contribution in [0.15, 0.2) is 36.5 Å². The Kier molecular flexibility index (Phi) is 6.19. The first kappa shape index (κ1) is 21.6. The molecule has 0 amide bonds. The molecule has 0 spiro atoms. The van der Waals surface area contributed by atoms with Gasteiger partial charge >= 0.3 is 0 Å². The lowest BCUT2D eigenvalue weighted by atomic mass is 10.1. The van der Waals surface area contributed by atoms with Crippen LogP contribution in [-0.4, -0.2) is 57.3 Å². The zero-order valence-corrected chi connectivity index (χ0v) is 20.0. The molecule has 1 aliphatic carbocycles. The van der Waals surface area contributed by atoms with Crippen LogP contribution in [0.25, 0.3) is 11.3 Å². The number of hydrogen-bond acceptors (Lipinski definition) is 6. The van der Waals surface area contributed by atoms with Crippen LogP contribution in [0.3, 0.4) is 0 Å². The van der Waals surface area contributed by atoms with E-state index in [9.17, 15) is 0 Å². The molecule has 2 N–H and O–H groups in total. The van der Waals surface area contributed by atoms with Crippen molar-refractivity contribution in [3.8, 4) is 11.3 Å². The van der Waals surface area contributed by atoms with Gasteiger partial charge in [-0.05, 0) is 38.5 Å². The van der Waals surface area contributed by atoms with Crippen LogP contribution in [0.4, 0.5) is 11.8 Å². The standard InChI is InChI=1S/C27H35N7/c1-2-7-15-34(14-6-1)26-23-11-8-12-24(23)30-27(31-26)29-22-13-16-33(19-22)18-21-17-28-32-25(21)20-9-4-3-5-10-20/h3-5,9-10,17,22H,1-2,6-8,11-16,18-19H2,(H,28,32)(H,29,30,31). The van der Waals surface area contributed by atoms with E-state index in [1.807, 2.05) is 12.3 Å². The van der Waals surface area contributed by atoms with Crippen molar-refractivity contribution in [2.45, 2.75) is 64.0 Å². The number of anilines is 2. The van der Waals surface area contributed by atoms with Crippen LogP contribution in [0.2, 0.25) is 0 Å². The molecule has 3 aliphatic rings. The van der Waals surface area contributed by atoms with Crippen LogP contribution in [0.5, 0.6) is 0 Å². The zero-order chi connectivity index (χ0) is 22.7. The largest absolute Gasteiger partial charge is 0.356 e. The Labute approximate surface area is 202 Å². The number of aromatic amines is 1. The number of likely N-dealkylation sites (tertiary alicyclic amines) is 1. The fraction of sp³-hybridized carbons (Fsp3) is 0.519. The molecular formula is C27H35N7. The molecule has 1 unspecified atom stereocenters. The molecule has 0 bridgehead atoms. The van der Waals surface area contributed by atoms with E-state index < -0.39 is 0 Å². The van der Waals surface area contributed by atoms with Crippen molar-refractivity contribution in [2.24, 2.45) is 0 Å². The van der Waals surface area contributed by atoms with Crippen molar-refractivity contribution in [2.75, 3.05) is 36.4 Å². The third-order valence-corrected chi connectivity index (χ3v) is 7.58. The Hall–Kier alpha value is -2.93. The van der Waals surface area contributed by atoms with E-state index in [4.69, 9.17) is 9.97 Å². The Balaban J connectivity index is 1.14. The van der Waals surface area contributed by atoms with Gasteiger partial charge in [-0.15, -0.1) is 0 Å². The number of hydrogen-bond donors (Lipinski definition) is 2. The molecule has 1 atom stereocenters. The fourth-order valence-electron chi connectivity index (χ4n) is 5.82. The molecule has 6 rings (SSSR count). The van der Waals surface area contributed by atoms with E-state index in [2.05, 4.69) is 49.6 Å². The quantitative estimate of drug-likeness (QED) is 0.571. The minimum absolute atomic E-state index is 0.378. The summed E-state index contributed by atoms with van der Waals surface area (Å²) in [6.07, 6.45) is 11.8. The van der Waals surface area contributed by atoms with Crippen molar-refractivity contribution in [3.05, 3.63) is 53.3 Å². The molecule has 178 valence electrons. The summed E-state index contributed by atoms with van der Waals surface area (Å²) in [5.41, 5.74) is 6.16. The van der Waals surface area contributed by atoms with Crippen molar-refractivity contribution < 1.29 is 0 Å². The van der Waals surface area contributed by atoms with Gasteiger partial charge in [0.05, 0.1) is 11.4 Å². The predicted molar refractivity (Wildman–Crippen MR) is 136 cm³/mol. The second kappa shape index (κ2) is 9.74. The first-order valence-electron chi connectivity index (χ1n) is 13.1. The Morgan fingerprint density at radius 2 is 1.79 bits per heavy atom. The maximum Gasteiger partial charge on any atom is 0.225 e. The maximum atomic E-state index is 5.10. The molecule has 7 heteroatoms. The topological polar surface area (TPSA) is 73.0 Å². The number of aryl methyl sites for hydroxylation is 1. The molecule has 2 aromatic heterocycles. The van der Waals surface area contributed by atoms with Gasteiger partial charge in [-0.1, -0.05) is 43.2 Å². The van der Waals surface area contributed by atoms with Gasteiger partial charge in [0, 0.05) is 61.7 Å². The molecule has 1 aromatic carbocycles. The van der Waals surface area contributed by atoms with E-state index in [0.717, 1.165) is 63.6 Å². The lowest BCUT2D eigenvalue weighted by Crippen LogP contribution is -2.29. The number of nitrogens with zero attached hydrogens (tertiary/aromatic N) is 5. The summed E-state index contributed by atoms with van der Waals surface area (Å²) in [5.74, 6) is 2.05. The summed E-state index contributed by atoms with van der Waals surface area (Å²) < 4.78 is 0. The van der Waals surface area contributed by atoms with Crippen LogP contribution in [0.1, 0.15) is 55.3 Å². The van der Waals surface area contributed by atoms with E-state index in [-0.39, 0.29) is 0 Å². The molecule has 3 aromatic rings. The highest BCUT2D eigenvalue weighted by molar-refractivity contribution is 5.62. The average Bonchev–Trinajstić information content (AvgIpc) is 3.58. The predicted octanol–water partition coefficient (Wildman–Crippen LogP) is 4.42. The van der Waals surface area contributed by atoms with Crippen LogP contribution >= 0.6 is 0 Å². The first-order chi connectivity index (χ1) is 16.8. The summed E-state index contributed by atoms with van der Waals surface area (Å²) in [6, 6.07) is 10.8. The SMILES string of the molecule is c1ccc(-c2n[nH]cc2CN2CCC(Nc3nc4c(c(N5CCCCCC5)n3)CCC4)C2)cc1. The Bertz CT molecular complexity index is 1100. The van der Waals surface area contributed by atoms with Crippen LogP contribution < -0.4 is 10.2 Å². The van der Waals surface area contributed by atoms with Crippen molar-refractivity contribution in [1.82, 2.24) is 25.1 Å². The average molecular weight is 458 g/mol. The number of fused-ring (bicyclic) bond motifs is 1. The third-order valence-electron chi connectivity index (χ3n) is 7.58. The molecule has 0 radical (unpaired) electrons. The molecule has 34 heavy (non-hydrogen) atoms. The van der Waals surface area contributed by atoms with E-state index in [1.54, 1.807) is 0 Å². The number of rotatable bonds is 6. The van der Waals surface area contributed by atoms with Gasteiger partial charge < -0.3 is 10.2 Å². The van der Waals surface area contributed by atoms with Crippen molar-refractivity contribution >= 4 is 11.8 Å². The van der Waals surface area contributed by atoms with E-state index >= 15 is 0 Å². The summed E-state index contributed by atoms with van der Waals surface area (Å²) in [6.45, 7) is 5.24. The molecule has 4 heterocycles. The maximum absolute atomic E-state index is 5.10. The minimum Gasteiger partial charge on any atom is -0.356 e. The molecule has 2 saturated heterocycles. The molecule has 7 nitrogen and oxygen atoms in total. The van der Waals surface area contributed by atoms with Gasteiger partial charge in [0.25, 0.3) is 0 Å². The highest BCUT2D eigenvalue weighted by atomic mass is 15.3. The number of nitrogens with one attached hydrogen (secondary N) is 2. The summed E-state index contributed by atoms with van der Waals surface area (Å²) in [7, 11) is 0. The number of benzene rings is 1. The third kappa shape index (κ3) is 4.53. The lowest BCUT2D eigenvalue weighted by Gasteiger charge is -2.25. The summed E-state index contributed by atoms with van der Waals surface area (Å²) >= 11 is 0. The second-order valence-electron chi connectivity index (χ2n) is 10.0. The van der Waals surface area contributed by atoms with Gasteiger partial charge in [-0.2, -0.15) is 10.1 Å². The highest BCUT2D eigenvalue weighted by Gasteiger charge is 2.27. The van der Waals surface area contributed by atoms with E-state index in [0.29, 0.717) is 6.04 Å². The van der Waals surface area contributed by atoms with Gasteiger partial charge in [0.15, 0.2) is 0 Å². The highest BCUT2D eigenvalue weighted by Crippen LogP contribution is 2.32. The molecule has 0 saturated carbocycles. The Morgan fingerprint density at radius 3 is 2.65 bits per heavy atom. The summed E-state index contributed by atoms with van der Waals surface area (Å²) in [4.78, 5) is 15.1. The monoisotopic (exact) mass is 457 g/mol. The fourth-order valence-corrected chi connectivity index (χ4v) is 5.82. The van der Waals surface area contributed by atoms with Crippen molar-refractivity contribution in [3.63, 3.8) is 0 Å². The van der Waals surface area contributed by atoms with Gasteiger partial charge in [-0.3, -0.25) is 10.00 Å². The lowest BCUT2D eigenvalue weighted by molar-refractivity contribution is 0.329. The van der Waals surface area contributed by atoms with Crippen LogP contribution in [-0.2, 0) is 19.4 Å². The minimum atomic E-state index is 0.378. The van der Waals surface area contributed by atoms with Crippen molar-refractivity contribution in [1.29, 1.82) is 0 Å². The number of aromatic nitrogens is 4. The smallest absolute Gasteiger partial charge is 0.225 e.